The van der Waals surface area contributed by atoms with Crippen LogP contribution in [0.1, 0.15) is 29.5 Å². The highest BCUT2D eigenvalue weighted by molar-refractivity contribution is 6.31. The first kappa shape index (κ1) is 18.0. The van der Waals surface area contributed by atoms with Crippen molar-refractivity contribution in [2.24, 2.45) is 5.92 Å². The van der Waals surface area contributed by atoms with Crippen molar-refractivity contribution >= 4 is 23.2 Å². The van der Waals surface area contributed by atoms with E-state index in [9.17, 15) is 4.79 Å². The van der Waals surface area contributed by atoms with Gasteiger partial charge in [-0.05, 0) is 68.1 Å². The number of benzene rings is 2. The van der Waals surface area contributed by atoms with Crippen LogP contribution in [-0.2, 0) is 11.3 Å². The van der Waals surface area contributed by atoms with Crippen molar-refractivity contribution in [3.63, 3.8) is 0 Å². The zero-order valence-corrected chi connectivity index (χ0v) is 15.6. The molecule has 0 aromatic heterocycles. The van der Waals surface area contributed by atoms with Gasteiger partial charge in [0, 0.05) is 23.8 Å². The number of hydrogen-bond acceptors (Lipinski definition) is 2. The second kappa shape index (κ2) is 8.03. The van der Waals surface area contributed by atoms with Crippen LogP contribution in [-0.4, -0.2) is 23.9 Å². The van der Waals surface area contributed by atoms with Crippen molar-refractivity contribution in [1.82, 2.24) is 4.90 Å². The number of aryl methyl sites for hydroxylation is 2. The third-order valence-corrected chi connectivity index (χ3v) is 5.37. The molecule has 0 radical (unpaired) electrons. The summed E-state index contributed by atoms with van der Waals surface area (Å²) in [5.74, 6) is 0.143. The number of rotatable bonds is 4. The van der Waals surface area contributed by atoms with Gasteiger partial charge in [-0.25, -0.2) is 0 Å². The summed E-state index contributed by atoms with van der Waals surface area (Å²) < 4.78 is 0. The first-order valence-electron chi connectivity index (χ1n) is 8.87. The van der Waals surface area contributed by atoms with Gasteiger partial charge in [0.15, 0.2) is 0 Å². The number of likely N-dealkylation sites (tertiary alicyclic amines) is 1. The summed E-state index contributed by atoms with van der Waals surface area (Å²) in [4.78, 5) is 15.0. The molecule has 1 fully saturated rings. The van der Waals surface area contributed by atoms with Crippen LogP contribution in [0.25, 0.3) is 0 Å². The monoisotopic (exact) mass is 356 g/mol. The number of halogens is 1. The Labute approximate surface area is 155 Å². The third-order valence-electron chi connectivity index (χ3n) is 5.00. The van der Waals surface area contributed by atoms with Crippen molar-refractivity contribution in [1.29, 1.82) is 0 Å². The zero-order chi connectivity index (χ0) is 17.8. The lowest BCUT2D eigenvalue weighted by atomic mass is 9.96. The smallest absolute Gasteiger partial charge is 0.228 e. The second-order valence-electron chi connectivity index (χ2n) is 6.95. The Hall–Kier alpha value is -1.84. The van der Waals surface area contributed by atoms with Crippen LogP contribution < -0.4 is 5.32 Å². The van der Waals surface area contributed by atoms with E-state index in [2.05, 4.69) is 36.2 Å². The molecule has 4 heteroatoms. The van der Waals surface area contributed by atoms with Crippen molar-refractivity contribution in [2.75, 3.05) is 18.4 Å². The number of carbonyl (C=O) groups is 1. The molecule has 2 aromatic rings. The fraction of sp³-hybridized carbons (Fsp3) is 0.381. The molecule has 3 rings (SSSR count). The number of nitrogens with zero attached hydrogens (tertiary/aromatic N) is 1. The maximum absolute atomic E-state index is 12.7. The summed E-state index contributed by atoms with van der Waals surface area (Å²) in [5.41, 5.74) is 4.44. The highest BCUT2D eigenvalue weighted by Crippen LogP contribution is 2.23. The summed E-state index contributed by atoms with van der Waals surface area (Å²) in [6.07, 6.45) is 1.98. The summed E-state index contributed by atoms with van der Waals surface area (Å²) >= 11 is 6.27. The highest BCUT2D eigenvalue weighted by atomic mass is 35.5. The Morgan fingerprint density at radius 3 is 2.76 bits per heavy atom. The van der Waals surface area contributed by atoms with E-state index in [-0.39, 0.29) is 11.8 Å². The van der Waals surface area contributed by atoms with E-state index >= 15 is 0 Å². The molecule has 0 aliphatic carbocycles. The lowest BCUT2D eigenvalue weighted by Gasteiger charge is -2.32. The molecule has 1 amide bonds. The van der Waals surface area contributed by atoms with Crippen molar-refractivity contribution in [2.45, 2.75) is 33.2 Å². The Morgan fingerprint density at radius 2 is 2.00 bits per heavy atom. The summed E-state index contributed by atoms with van der Waals surface area (Å²) in [7, 11) is 0. The molecule has 1 aliphatic rings. The highest BCUT2D eigenvalue weighted by Gasteiger charge is 2.26. The largest absolute Gasteiger partial charge is 0.326 e. The molecule has 1 aliphatic heterocycles. The standard InChI is InChI=1S/C21H25ClN2O/c1-15-9-10-19(12-16(15)2)23-21(25)18-7-5-11-24(14-18)13-17-6-3-4-8-20(17)22/h3-4,6,8-10,12,18H,5,7,11,13-14H2,1-2H3,(H,23,25)/t18-/m1/s1. The van der Waals surface area contributed by atoms with Crippen LogP contribution in [0, 0.1) is 19.8 Å². The minimum Gasteiger partial charge on any atom is -0.326 e. The lowest BCUT2D eigenvalue weighted by molar-refractivity contribution is -0.121. The van der Waals surface area contributed by atoms with Crippen LogP contribution in [0.5, 0.6) is 0 Å². The molecule has 0 bridgehead atoms. The predicted molar refractivity (Wildman–Crippen MR) is 104 cm³/mol. The van der Waals surface area contributed by atoms with Gasteiger partial charge in [0.2, 0.25) is 5.91 Å². The van der Waals surface area contributed by atoms with E-state index in [1.165, 1.54) is 11.1 Å². The van der Waals surface area contributed by atoms with Gasteiger partial charge in [-0.15, -0.1) is 0 Å². The Balaban J connectivity index is 1.61. The molecule has 1 saturated heterocycles. The van der Waals surface area contributed by atoms with Gasteiger partial charge in [0.05, 0.1) is 5.92 Å². The lowest BCUT2D eigenvalue weighted by Crippen LogP contribution is -2.40. The topological polar surface area (TPSA) is 32.3 Å². The quantitative estimate of drug-likeness (QED) is 0.852. The first-order chi connectivity index (χ1) is 12.0. The van der Waals surface area contributed by atoms with E-state index in [1.54, 1.807) is 0 Å². The molecule has 132 valence electrons. The minimum absolute atomic E-state index is 0.0258. The van der Waals surface area contributed by atoms with Gasteiger partial charge in [0.25, 0.3) is 0 Å². The van der Waals surface area contributed by atoms with Gasteiger partial charge in [-0.3, -0.25) is 9.69 Å². The summed E-state index contributed by atoms with van der Waals surface area (Å²) in [6, 6.07) is 14.0. The molecule has 2 aromatic carbocycles. The number of anilines is 1. The average molecular weight is 357 g/mol. The number of carbonyl (C=O) groups excluding carboxylic acids is 1. The van der Waals surface area contributed by atoms with Gasteiger partial charge < -0.3 is 5.32 Å². The number of nitrogens with one attached hydrogen (secondary N) is 1. The van der Waals surface area contributed by atoms with Crippen LogP contribution in [0.2, 0.25) is 5.02 Å². The Kier molecular flexibility index (Phi) is 5.77. The molecular formula is C21H25ClN2O. The van der Waals surface area contributed by atoms with Gasteiger partial charge in [0.1, 0.15) is 0 Å². The minimum atomic E-state index is 0.0258. The molecule has 0 unspecified atom stereocenters. The molecule has 0 spiro atoms. The first-order valence-corrected chi connectivity index (χ1v) is 9.24. The second-order valence-corrected chi connectivity index (χ2v) is 7.36. The van der Waals surface area contributed by atoms with Crippen molar-refractivity contribution < 1.29 is 4.79 Å². The molecule has 0 saturated carbocycles. The summed E-state index contributed by atoms with van der Waals surface area (Å²) in [5, 5.41) is 3.88. The van der Waals surface area contributed by atoms with Crippen LogP contribution >= 0.6 is 11.6 Å². The Morgan fingerprint density at radius 1 is 1.20 bits per heavy atom. The SMILES string of the molecule is Cc1ccc(NC(=O)[C@@H]2CCCN(Cc3ccccc3Cl)C2)cc1C. The van der Waals surface area contributed by atoms with E-state index in [0.717, 1.165) is 48.7 Å². The van der Waals surface area contributed by atoms with E-state index < -0.39 is 0 Å². The van der Waals surface area contributed by atoms with Gasteiger partial charge in [-0.2, -0.15) is 0 Å². The molecule has 3 nitrogen and oxygen atoms in total. The van der Waals surface area contributed by atoms with E-state index in [1.807, 2.05) is 30.3 Å². The molecule has 1 atom stereocenters. The van der Waals surface area contributed by atoms with Gasteiger partial charge in [-0.1, -0.05) is 35.9 Å². The number of piperidine rings is 1. The fourth-order valence-electron chi connectivity index (χ4n) is 3.34. The van der Waals surface area contributed by atoms with Crippen LogP contribution in [0.4, 0.5) is 5.69 Å². The normalized spacial score (nSPS) is 18.1. The predicted octanol–water partition coefficient (Wildman–Crippen LogP) is 4.81. The van der Waals surface area contributed by atoms with Crippen LogP contribution in [0.3, 0.4) is 0 Å². The summed E-state index contributed by atoms with van der Waals surface area (Å²) in [6.45, 7) is 6.74. The average Bonchev–Trinajstić information content (AvgIpc) is 2.60. The maximum Gasteiger partial charge on any atom is 0.228 e. The van der Waals surface area contributed by atoms with Crippen LogP contribution in [0.15, 0.2) is 42.5 Å². The molecule has 25 heavy (non-hydrogen) atoms. The maximum atomic E-state index is 12.7. The van der Waals surface area contributed by atoms with E-state index in [0.29, 0.717) is 0 Å². The third kappa shape index (κ3) is 4.62. The number of amides is 1. The molecule has 1 heterocycles. The number of hydrogen-bond donors (Lipinski definition) is 1. The molecule has 1 N–H and O–H groups in total. The van der Waals surface area contributed by atoms with Crippen molar-refractivity contribution in [3.05, 3.63) is 64.2 Å². The van der Waals surface area contributed by atoms with Gasteiger partial charge >= 0.3 is 0 Å². The molecular weight excluding hydrogens is 332 g/mol. The Bertz CT molecular complexity index is 759. The fourth-order valence-corrected chi connectivity index (χ4v) is 3.54. The zero-order valence-electron chi connectivity index (χ0n) is 14.9. The van der Waals surface area contributed by atoms with Crippen molar-refractivity contribution in [3.8, 4) is 0 Å². The van der Waals surface area contributed by atoms with E-state index in [4.69, 9.17) is 11.6 Å².